The lowest BCUT2D eigenvalue weighted by Gasteiger charge is -2.08. The van der Waals surface area contributed by atoms with Crippen LogP contribution in [0.5, 0.6) is 0 Å². The molecule has 0 amide bonds. The molecule has 0 unspecified atom stereocenters. The number of rotatable bonds is 4. The lowest BCUT2D eigenvalue weighted by atomic mass is 10.1. The van der Waals surface area contributed by atoms with E-state index in [2.05, 4.69) is 15.3 Å². The van der Waals surface area contributed by atoms with E-state index in [0.29, 0.717) is 11.3 Å². The fourth-order valence-electron chi connectivity index (χ4n) is 2.39. The van der Waals surface area contributed by atoms with Gasteiger partial charge in [0.2, 0.25) is 5.95 Å². The molecule has 3 aromatic rings. The lowest BCUT2D eigenvalue weighted by molar-refractivity contribution is 0.580. The van der Waals surface area contributed by atoms with E-state index in [-0.39, 0.29) is 18.1 Å². The Balaban J connectivity index is 1.85. The molecule has 6 heteroatoms. The number of nitrogens with zero attached hydrogens (tertiary/aromatic N) is 1. The number of anilines is 1. The molecule has 0 spiro atoms. The highest BCUT2D eigenvalue weighted by atomic mass is 19.1. The van der Waals surface area contributed by atoms with Gasteiger partial charge in [-0.15, -0.1) is 0 Å². The Morgan fingerprint density at radius 1 is 1.08 bits per heavy atom. The summed E-state index contributed by atoms with van der Waals surface area (Å²) in [6.45, 7) is 2.09. The van der Waals surface area contributed by atoms with Gasteiger partial charge in [-0.2, -0.15) is 0 Å². The van der Waals surface area contributed by atoms with Crippen LogP contribution in [0.2, 0.25) is 0 Å². The van der Waals surface area contributed by atoms with Gasteiger partial charge in [0.25, 0.3) is 5.56 Å². The van der Waals surface area contributed by atoms with Crippen LogP contribution in [0.25, 0.3) is 11.3 Å². The third-order valence-corrected chi connectivity index (χ3v) is 3.44. The minimum atomic E-state index is -0.651. The minimum Gasteiger partial charge on any atom is -0.352 e. The van der Waals surface area contributed by atoms with Crippen LogP contribution < -0.4 is 10.9 Å². The summed E-state index contributed by atoms with van der Waals surface area (Å²) in [5.41, 5.74) is 2.50. The van der Waals surface area contributed by atoms with E-state index >= 15 is 0 Å². The molecular formula is C18H15F2N3O. The van der Waals surface area contributed by atoms with Gasteiger partial charge < -0.3 is 5.32 Å². The van der Waals surface area contributed by atoms with Gasteiger partial charge in [-0.1, -0.05) is 23.8 Å². The maximum absolute atomic E-state index is 13.2. The van der Waals surface area contributed by atoms with Crippen molar-refractivity contribution in [2.45, 2.75) is 13.5 Å². The molecule has 1 aromatic heterocycles. The summed E-state index contributed by atoms with van der Waals surface area (Å²) in [6.07, 6.45) is 0. The molecule has 24 heavy (non-hydrogen) atoms. The molecule has 0 aliphatic carbocycles. The average molecular weight is 327 g/mol. The second-order valence-corrected chi connectivity index (χ2v) is 5.48. The number of H-pyrrole nitrogens is 1. The molecule has 0 fully saturated rings. The van der Waals surface area contributed by atoms with Crippen LogP contribution in [-0.4, -0.2) is 9.97 Å². The van der Waals surface area contributed by atoms with Crippen molar-refractivity contribution in [1.82, 2.24) is 9.97 Å². The first-order valence-corrected chi connectivity index (χ1v) is 7.37. The van der Waals surface area contributed by atoms with E-state index in [1.807, 2.05) is 31.2 Å². The first-order valence-electron chi connectivity index (χ1n) is 7.37. The number of hydrogen-bond acceptors (Lipinski definition) is 3. The molecule has 0 bridgehead atoms. The number of aryl methyl sites for hydroxylation is 1. The zero-order valence-corrected chi connectivity index (χ0v) is 12.9. The fourth-order valence-corrected chi connectivity index (χ4v) is 2.39. The van der Waals surface area contributed by atoms with E-state index < -0.39 is 11.6 Å². The third-order valence-electron chi connectivity index (χ3n) is 3.44. The molecule has 0 saturated carbocycles. The van der Waals surface area contributed by atoms with Gasteiger partial charge in [-0.25, -0.2) is 13.8 Å². The predicted octanol–water partition coefficient (Wildman–Crippen LogP) is 3.64. The Bertz CT molecular complexity index is 917. The number of halogens is 2. The van der Waals surface area contributed by atoms with Gasteiger partial charge in [-0.3, -0.25) is 9.78 Å². The summed E-state index contributed by atoms with van der Waals surface area (Å²) in [5, 5.41) is 2.88. The van der Waals surface area contributed by atoms with Crippen molar-refractivity contribution in [3.05, 3.63) is 81.6 Å². The summed E-state index contributed by atoms with van der Waals surface area (Å²) in [5.74, 6) is -1.06. The molecule has 0 radical (unpaired) electrons. The van der Waals surface area contributed by atoms with Crippen LogP contribution in [0.15, 0.2) is 53.3 Å². The number of nitrogens with one attached hydrogen (secondary N) is 2. The van der Waals surface area contributed by atoms with Crippen molar-refractivity contribution < 1.29 is 8.78 Å². The molecule has 1 heterocycles. The monoisotopic (exact) mass is 327 g/mol. The number of benzene rings is 2. The zero-order chi connectivity index (χ0) is 17.1. The molecule has 2 N–H and O–H groups in total. The topological polar surface area (TPSA) is 57.8 Å². The van der Waals surface area contributed by atoms with Crippen molar-refractivity contribution >= 4 is 5.95 Å². The smallest absolute Gasteiger partial charge is 0.252 e. The first kappa shape index (κ1) is 15.9. The van der Waals surface area contributed by atoms with E-state index in [1.54, 1.807) is 0 Å². The molecule has 3 rings (SSSR count). The Labute approximate surface area is 137 Å². The Kier molecular flexibility index (Phi) is 4.37. The summed E-state index contributed by atoms with van der Waals surface area (Å²) in [4.78, 5) is 18.8. The number of aromatic nitrogens is 2. The van der Waals surface area contributed by atoms with E-state index in [1.165, 1.54) is 18.2 Å². The molecule has 0 aliphatic rings. The summed E-state index contributed by atoms with van der Waals surface area (Å²) in [6, 6.07) is 12.3. The Morgan fingerprint density at radius 2 is 1.83 bits per heavy atom. The van der Waals surface area contributed by atoms with Gasteiger partial charge in [0.15, 0.2) is 0 Å². The number of aromatic amines is 1. The van der Waals surface area contributed by atoms with Gasteiger partial charge in [0.05, 0.1) is 5.69 Å². The van der Waals surface area contributed by atoms with Crippen LogP contribution in [0.1, 0.15) is 11.1 Å². The highest BCUT2D eigenvalue weighted by molar-refractivity contribution is 5.60. The summed E-state index contributed by atoms with van der Waals surface area (Å²) < 4.78 is 26.4. The van der Waals surface area contributed by atoms with Crippen molar-refractivity contribution in [3.63, 3.8) is 0 Å². The second kappa shape index (κ2) is 6.62. The summed E-state index contributed by atoms with van der Waals surface area (Å²) in [7, 11) is 0. The second-order valence-electron chi connectivity index (χ2n) is 5.48. The lowest BCUT2D eigenvalue weighted by Crippen LogP contribution is -2.13. The van der Waals surface area contributed by atoms with Crippen LogP contribution in [0.4, 0.5) is 14.7 Å². The summed E-state index contributed by atoms with van der Waals surface area (Å²) >= 11 is 0. The van der Waals surface area contributed by atoms with Crippen molar-refractivity contribution in [3.8, 4) is 11.3 Å². The Hall–Kier alpha value is -3.02. The average Bonchev–Trinajstić information content (AvgIpc) is 2.51. The van der Waals surface area contributed by atoms with E-state index in [0.717, 1.165) is 17.2 Å². The van der Waals surface area contributed by atoms with E-state index in [4.69, 9.17) is 0 Å². The Morgan fingerprint density at radius 3 is 2.54 bits per heavy atom. The normalized spacial score (nSPS) is 10.6. The minimum absolute atomic E-state index is 0.134. The first-order chi connectivity index (χ1) is 11.5. The molecule has 122 valence electrons. The van der Waals surface area contributed by atoms with Crippen LogP contribution >= 0.6 is 0 Å². The highest BCUT2D eigenvalue weighted by Gasteiger charge is 2.06. The van der Waals surface area contributed by atoms with Gasteiger partial charge >= 0.3 is 0 Å². The van der Waals surface area contributed by atoms with Gasteiger partial charge in [0.1, 0.15) is 11.6 Å². The third kappa shape index (κ3) is 3.84. The van der Waals surface area contributed by atoms with E-state index in [9.17, 15) is 13.6 Å². The molecular weight excluding hydrogens is 312 g/mol. The fraction of sp³-hybridized carbons (Fsp3) is 0.111. The predicted molar refractivity (Wildman–Crippen MR) is 88.7 cm³/mol. The maximum atomic E-state index is 13.2. The molecule has 4 nitrogen and oxygen atoms in total. The van der Waals surface area contributed by atoms with Crippen molar-refractivity contribution in [1.29, 1.82) is 0 Å². The van der Waals surface area contributed by atoms with Crippen LogP contribution in [-0.2, 0) is 6.54 Å². The van der Waals surface area contributed by atoms with Gasteiger partial charge in [-0.05, 0) is 30.7 Å². The standard InChI is InChI=1S/C18H15F2N3O/c1-11-3-2-4-13(5-11)16-9-17(24)23-18(22-16)21-10-12-6-14(19)8-15(20)7-12/h2-9H,10H2,1H3,(H2,21,22,23,24). The van der Waals surface area contributed by atoms with Crippen molar-refractivity contribution in [2.75, 3.05) is 5.32 Å². The quantitative estimate of drug-likeness (QED) is 0.769. The molecule has 0 aliphatic heterocycles. The highest BCUT2D eigenvalue weighted by Crippen LogP contribution is 2.18. The van der Waals surface area contributed by atoms with Crippen LogP contribution in [0, 0.1) is 18.6 Å². The number of hydrogen-bond donors (Lipinski definition) is 2. The zero-order valence-electron chi connectivity index (χ0n) is 12.9. The van der Waals surface area contributed by atoms with Crippen LogP contribution in [0.3, 0.4) is 0 Å². The van der Waals surface area contributed by atoms with Crippen molar-refractivity contribution in [2.24, 2.45) is 0 Å². The maximum Gasteiger partial charge on any atom is 0.252 e. The largest absolute Gasteiger partial charge is 0.352 e. The molecule has 0 atom stereocenters. The molecule has 2 aromatic carbocycles. The van der Waals surface area contributed by atoms with Gasteiger partial charge in [0, 0.05) is 24.2 Å². The molecule has 0 saturated heterocycles. The SMILES string of the molecule is Cc1cccc(-c2cc(=O)[nH]c(NCc3cc(F)cc(F)c3)n2)c1.